The highest BCUT2D eigenvalue weighted by Gasteiger charge is 2.54. The molecule has 5 rings (SSSR count). The predicted molar refractivity (Wildman–Crippen MR) is 102 cm³/mol. The molecule has 2 aliphatic heterocycles. The van der Waals surface area contributed by atoms with Crippen molar-refractivity contribution in [2.75, 3.05) is 13.1 Å². The van der Waals surface area contributed by atoms with Gasteiger partial charge in [0.15, 0.2) is 5.82 Å². The molecule has 27 heavy (non-hydrogen) atoms. The molecule has 0 unspecified atom stereocenters. The van der Waals surface area contributed by atoms with Gasteiger partial charge >= 0.3 is 0 Å². The summed E-state index contributed by atoms with van der Waals surface area (Å²) in [4.78, 5) is 15.7. The average molecular weight is 365 g/mol. The van der Waals surface area contributed by atoms with Crippen LogP contribution in [0.3, 0.4) is 0 Å². The lowest BCUT2D eigenvalue weighted by Crippen LogP contribution is -2.44. The molecular weight excluding hydrogens is 338 g/mol. The number of carbonyl (C=O) groups is 1. The van der Waals surface area contributed by atoms with E-state index in [1.165, 1.54) is 12.0 Å². The standard InChI is InChI=1S/C21H27N5O/c27-20(22-12-19-24-23-18-9-5-11-26(18)19)21-10-4-8-17(21)14-25(15-21)13-16-6-2-1-3-7-16/h1-3,6-7,17H,4-5,8-15H2,(H,22,27)/t17-,21-/m1/s1. The Hall–Kier alpha value is -2.21. The highest BCUT2D eigenvalue weighted by atomic mass is 16.2. The van der Waals surface area contributed by atoms with Gasteiger partial charge in [0.25, 0.3) is 0 Å². The fourth-order valence-electron chi connectivity index (χ4n) is 5.40. The van der Waals surface area contributed by atoms with E-state index in [0.717, 1.165) is 63.5 Å². The Balaban J connectivity index is 1.26. The van der Waals surface area contributed by atoms with E-state index in [2.05, 4.69) is 55.3 Å². The van der Waals surface area contributed by atoms with Crippen molar-refractivity contribution < 1.29 is 4.79 Å². The van der Waals surface area contributed by atoms with Gasteiger partial charge in [0, 0.05) is 32.6 Å². The SMILES string of the molecule is O=C(NCc1nnc2n1CCC2)[C@@]12CCC[C@@H]1CN(Cc1ccccc1)C2. The lowest BCUT2D eigenvalue weighted by Gasteiger charge is -2.27. The quantitative estimate of drug-likeness (QED) is 0.882. The molecule has 0 bridgehead atoms. The van der Waals surface area contributed by atoms with Gasteiger partial charge in [-0.25, -0.2) is 0 Å². The summed E-state index contributed by atoms with van der Waals surface area (Å²) in [5, 5.41) is 11.7. The summed E-state index contributed by atoms with van der Waals surface area (Å²) in [6, 6.07) is 10.6. The third-order valence-corrected chi connectivity index (χ3v) is 6.74. The molecule has 1 aromatic heterocycles. The van der Waals surface area contributed by atoms with Crippen LogP contribution in [0.4, 0.5) is 0 Å². The summed E-state index contributed by atoms with van der Waals surface area (Å²) in [7, 11) is 0. The number of amides is 1. The van der Waals surface area contributed by atoms with Crippen molar-refractivity contribution in [2.24, 2.45) is 11.3 Å². The summed E-state index contributed by atoms with van der Waals surface area (Å²) in [5.74, 6) is 2.66. The molecule has 2 fully saturated rings. The average Bonchev–Trinajstić information content (AvgIpc) is 3.41. The number of rotatable bonds is 5. The van der Waals surface area contributed by atoms with Gasteiger partial charge in [0.1, 0.15) is 5.82 Å². The lowest BCUT2D eigenvalue weighted by molar-refractivity contribution is -0.131. The van der Waals surface area contributed by atoms with Crippen LogP contribution < -0.4 is 5.32 Å². The maximum absolute atomic E-state index is 13.2. The number of fused-ring (bicyclic) bond motifs is 2. The van der Waals surface area contributed by atoms with Crippen molar-refractivity contribution >= 4 is 5.91 Å². The molecule has 3 heterocycles. The van der Waals surface area contributed by atoms with Crippen molar-refractivity contribution in [3.8, 4) is 0 Å². The maximum atomic E-state index is 13.2. The van der Waals surface area contributed by atoms with Crippen LogP contribution in [0, 0.1) is 11.3 Å². The van der Waals surface area contributed by atoms with Crippen LogP contribution in [0.2, 0.25) is 0 Å². The molecule has 1 aliphatic carbocycles. The molecule has 6 heteroatoms. The van der Waals surface area contributed by atoms with Gasteiger partial charge in [-0.3, -0.25) is 9.69 Å². The smallest absolute Gasteiger partial charge is 0.228 e. The van der Waals surface area contributed by atoms with Crippen LogP contribution in [-0.2, 0) is 30.8 Å². The van der Waals surface area contributed by atoms with Gasteiger partial charge in [0.2, 0.25) is 5.91 Å². The molecule has 1 amide bonds. The summed E-state index contributed by atoms with van der Waals surface area (Å²) in [6.07, 6.45) is 5.47. The second-order valence-electron chi connectivity index (χ2n) is 8.37. The first-order chi connectivity index (χ1) is 13.2. The second-order valence-corrected chi connectivity index (χ2v) is 8.37. The topological polar surface area (TPSA) is 63.1 Å². The molecule has 6 nitrogen and oxygen atoms in total. The van der Waals surface area contributed by atoms with Gasteiger partial charge in [-0.05, 0) is 30.7 Å². The van der Waals surface area contributed by atoms with Crippen LogP contribution in [-0.4, -0.2) is 38.7 Å². The van der Waals surface area contributed by atoms with Gasteiger partial charge < -0.3 is 9.88 Å². The van der Waals surface area contributed by atoms with Gasteiger partial charge in [-0.1, -0.05) is 36.8 Å². The number of benzene rings is 1. The zero-order valence-electron chi connectivity index (χ0n) is 15.7. The largest absolute Gasteiger partial charge is 0.348 e. The normalized spacial score (nSPS) is 26.9. The van der Waals surface area contributed by atoms with E-state index in [1.807, 2.05) is 0 Å². The minimum Gasteiger partial charge on any atom is -0.348 e. The minimum atomic E-state index is -0.220. The molecule has 2 atom stereocenters. The molecule has 0 radical (unpaired) electrons. The number of likely N-dealkylation sites (tertiary alicyclic amines) is 1. The van der Waals surface area contributed by atoms with Crippen LogP contribution in [0.1, 0.15) is 42.9 Å². The number of hydrogen-bond donors (Lipinski definition) is 1. The molecule has 1 saturated heterocycles. The highest BCUT2D eigenvalue weighted by Crippen LogP contribution is 2.49. The molecule has 142 valence electrons. The summed E-state index contributed by atoms with van der Waals surface area (Å²) >= 11 is 0. The van der Waals surface area contributed by atoms with E-state index < -0.39 is 0 Å². The number of hydrogen-bond acceptors (Lipinski definition) is 4. The number of carbonyl (C=O) groups excluding carboxylic acids is 1. The highest BCUT2D eigenvalue weighted by molar-refractivity contribution is 5.84. The Kier molecular flexibility index (Phi) is 4.23. The van der Waals surface area contributed by atoms with Crippen molar-refractivity contribution in [3.63, 3.8) is 0 Å². The van der Waals surface area contributed by atoms with Crippen molar-refractivity contribution in [2.45, 2.75) is 51.7 Å². The molecular formula is C21H27N5O. The Morgan fingerprint density at radius 3 is 3.00 bits per heavy atom. The first-order valence-electron chi connectivity index (χ1n) is 10.2. The molecule has 0 spiro atoms. The van der Waals surface area contributed by atoms with Gasteiger partial charge in [0.05, 0.1) is 12.0 Å². The van der Waals surface area contributed by atoms with E-state index in [1.54, 1.807) is 0 Å². The van der Waals surface area contributed by atoms with Crippen LogP contribution in [0.15, 0.2) is 30.3 Å². The van der Waals surface area contributed by atoms with Crippen molar-refractivity contribution in [1.29, 1.82) is 0 Å². The third kappa shape index (κ3) is 2.96. The van der Waals surface area contributed by atoms with Crippen LogP contribution in [0.25, 0.3) is 0 Å². The Bertz CT molecular complexity index is 832. The van der Waals surface area contributed by atoms with E-state index >= 15 is 0 Å². The van der Waals surface area contributed by atoms with Crippen LogP contribution in [0.5, 0.6) is 0 Å². The number of nitrogens with one attached hydrogen (secondary N) is 1. The monoisotopic (exact) mass is 365 g/mol. The van der Waals surface area contributed by atoms with Gasteiger partial charge in [-0.2, -0.15) is 0 Å². The Morgan fingerprint density at radius 2 is 2.11 bits per heavy atom. The molecule has 1 N–H and O–H groups in total. The van der Waals surface area contributed by atoms with E-state index in [9.17, 15) is 4.79 Å². The molecule has 2 aromatic rings. The number of nitrogens with zero attached hydrogens (tertiary/aromatic N) is 4. The lowest BCUT2D eigenvalue weighted by atomic mass is 9.80. The zero-order chi connectivity index (χ0) is 18.3. The van der Waals surface area contributed by atoms with E-state index in [4.69, 9.17) is 0 Å². The first kappa shape index (κ1) is 16.9. The third-order valence-electron chi connectivity index (χ3n) is 6.74. The zero-order valence-corrected chi connectivity index (χ0v) is 15.7. The van der Waals surface area contributed by atoms with Crippen LogP contribution >= 0.6 is 0 Å². The molecule has 1 aromatic carbocycles. The molecule has 3 aliphatic rings. The predicted octanol–water partition coefficient (Wildman–Crippen LogP) is 2.14. The van der Waals surface area contributed by atoms with E-state index in [-0.39, 0.29) is 11.3 Å². The number of aromatic nitrogens is 3. The van der Waals surface area contributed by atoms with E-state index in [0.29, 0.717) is 12.5 Å². The fourth-order valence-corrected chi connectivity index (χ4v) is 5.40. The van der Waals surface area contributed by atoms with Gasteiger partial charge in [-0.15, -0.1) is 10.2 Å². The number of aryl methyl sites for hydroxylation is 1. The van der Waals surface area contributed by atoms with Crippen molar-refractivity contribution in [1.82, 2.24) is 25.0 Å². The minimum absolute atomic E-state index is 0.218. The molecule has 1 saturated carbocycles. The second kappa shape index (κ2) is 6.75. The Morgan fingerprint density at radius 1 is 1.22 bits per heavy atom. The maximum Gasteiger partial charge on any atom is 0.228 e. The summed E-state index contributed by atoms with van der Waals surface area (Å²) in [5.41, 5.74) is 1.11. The summed E-state index contributed by atoms with van der Waals surface area (Å²) in [6.45, 7) is 4.31. The fraction of sp³-hybridized carbons (Fsp3) is 0.571. The Labute approximate surface area is 160 Å². The first-order valence-corrected chi connectivity index (χ1v) is 10.2. The summed E-state index contributed by atoms with van der Waals surface area (Å²) < 4.78 is 2.17. The van der Waals surface area contributed by atoms with Crippen molar-refractivity contribution in [3.05, 3.63) is 47.5 Å².